The lowest BCUT2D eigenvalue weighted by Gasteiger charge is -2.02. The molecule has 2 heterocycles. The van der Waals surface area contributed by atoms with E-state index in [4.69, 9.17) is 0 Å². The van der Waals surface area contributed by atoms with Gasteiger partial charge in [-0.15, -0.1) is 5.10 Å². The predicted octanol–water partition coefficient (Wildman–Crippen LogP) is 1.32. The first kappa shape index (κ1) is 8.55. The quantitative estimate of drug-likeness (QED) is 0.768. The molecule has 0 unspecified atom stereocenters. The molecule has 2 aromatic heterocycles. The van der Waals surface area contributed by atoms with Crippen molar-refractivity contribution in [1.29, 1.82) is 0 Å². The number of aromatic nitrogens is 4. The van der Waals surface area contributed by atoms with E-state index in [9.17, 15) is 0 Å². The van der Waals surface area contributed by atoms with E-state index in [0.29, 0.717) is 11.6 Å². The Balaban J connectivity index is 2.19. The van der Waals surface area contributed by atoms with E-state index in [1.165, 1.54) is 0 Å². The Morgan fingerprint density at radius 3 is 2.79 bits per heavy atom. The van der Waals surface area contributed by atoms with Crippen LogP contribution in [0.1, 0.15) is 5.56 Å². The largest absolute Gasteiger partial charge is 0.322 e. The fourth-order valence-corrected chi connectivity index (χ4v) is 1.02. The van der Waals surface area contributed by atoms with Crippen LogP contribution in [0.25, 0.3) is 0 Å². The third kappa shape index (κ3) is 2.01. The third-order valence-electron chi connectivity index (χ3n) is 1.61. The van der Waals surface area contributed by atoms with Crippen LogP contribution in [0.2, 0.25) is 0 Å². The predicted molar refractivity (Wildman–Crippen MR) is 52.1 cm³/mol. The zero-order chi connectivity index (χ0) is 9.80. The molecule has 0 fully saturated rings. The summed E-state index contributed by atoms with van der Waals surface area (Å²) in [6.07, 6.45) is 6.56. The van der Waals surface area contributed by atoms with E-state index in [1.807, 2.05) is 13.0 Å². The molecular formula is C9H9N5. The molecule has 0 aliphatic carbocycles. The lowest BCUT2D eigenvalue weighted by atomic mass is 10.3. The smallest absolute Gasteiger partial charge is 0.154 e. The minimum absolute atomic E-state index is 0.660. The van der Waals surface area contributed by atoms with Gasteiger partial charge in [0.15, 0.2) is 5.82 Å². The topological polar surface area (TPSA) is 63.6 Å². The Hall–Kier alpha value is -2.04. The molecule has 0 saturated carbocycles. The zero-order valence-electron chi connectivity index (χ0n) is 7.68. The molecule has 0 amide bonds. The Bertz CT molecular complexity index is 415. The fraction of sp³-hybridized carbons (Fsp3) is 0.111. The minimum atomic E-state index is 0.660. The third-order valence-corrected chi connectivity index (χ3v) is 1.61. The molecule has 5 heteroatoms. The highest BCUT2D eigenvalue weighted by molar-refractivity contribution is 5.49. The number of hydrogen-bond acceptors (Lipinski definition) is 5. The molecule has 0 bridgehead atoms. The summed E-state index contributed by atoms with van der Waals surface area (Å²) in [5.41, 5.74) is 1.05. The highest BCUT2D eigenvalue weighted by Crippen LogP contribution is 2.09. The van der Waals surface area contributed by atoms with Crippen LogP contribution >= 0.6 is 0 Å². The molecule has 0 aliphatic heterocycles. The Morgan fingerprint density at radius 1 is 1.14 bits per heavy atom. The van der Waals surface area contributed by atoms with Crippen LogP contribution in [0.3, 0.4) is 0 Å². The molecule has 1 N–H and O–H groups in total. The Kier molecular flexibility index (Phi) is 2.31. The molecule has 0 aliphatic rings. The summed E-state index contributed by atoms with van der Waals surface area (Å²) in [5.74, 6) is 1.33. The van der Waals surface area contributed by atoms with Crippen LogP contribution < -0.4 is 5.32 Å². The van der Waals surface area contributed by atoms with E-state index in [-0.39, 0.29) is 0 Å². The molecular weight excluding hydrogens is 178 g/mol. The van der Waals surface area contributed by atoms with Gasteiger partial charge in [-0.05, 0) is 18.6 Å². The van der Waals surface area contributed by atoms with Gasteiger partial charge in [-0.1, -0.05) is 0 Å². The van der Waals surface area contributed by atoms with Gasteiger partial charge >= 0.3 is 0 Å². The van der Waals surface area contributed by atoms with Gasteiger partial charge in [0.2, 0.25) is 0 Å². The number of nitrogens with zero attached hydrogens (tertiary/aromatic N) is 4. The van der Waals surface area contributed by atoms with Crippen molar-refractivity contribution in [2.45, 2.75) is 6.92 Å². The van der Waals surface area contributed by atoms with Crippen molar-refractivity contribution >= 4 is 11.6 Å². The lowest BCUT2D eigenvalue weighted by molar-refractivity contribution is 1.01. The summed E-state index contributed by atoms with van der Waals surface area (Å²) >= 11 is 0. The van der Waals surface area contributed by atoms with Crippen molar-refractivity contribution in [1.82, 2.24) is 20.2 Å². The van der Waals surface area contributed by atoms with Gasteiger partial charge in [-0.25, -0.2) is 4.98 Å². The van der Waals surface area contributed by atoms with Crippen molar-refractivity contribution in [3.8, 4) is 0 Å². The number of aryl methyl sites for hydroxylation is 1. The van der Waals surface area contributed by atoms with E-state index < -0.39 is 0 Å². The van der Waals surface area contributed by atoms with E-state index in [1.54, 1.807) is 24.8 Å². The number of nitrogens with one attached hydrogen (secondary N) is 1. The van der Waals surface area contributed by atoms with Crippen LogP contribution in [-0.4, -0.2) is 20.2 Å². The molecule has 0 saturated heterocycles. The van der Waals surface area contributed by atoms with Crippen molar-refractivity contribution in [2.24, 2.45) is 0 Å². The number of hydrogen-bond donors (Lipinski definition) is 1. The van der Waals surface area contributed by atoms with Gasteiger partial charge in [-0.2, -0.15) is 5.10 Å². The second-order valence-corrected chi connectivity index (χ2v) is 2.83. The zero-order valence-corrected chi connectivity index (χ0v) is 7.68. The first-order chi connectivity index (χ1) is 6.84. The van der Waals surface area contributed by atoms with Crippen molar-refractivity contribution < 1.29 is 0 Å². The van der Waals surface area contributed by atoms with Gasteiger partial charge in [0.05, 0.1) is 12.4 Å². The van der Waals surface area contributed by atoms with Gasteiger partial charge < -0.3 is 5.32 Å². The van der Waals surface area contributed by atoms with Crippen LogP contribution in [-0.2, 0) is 0 Å². The normalized spacial score (nSPS) is 9.79. The summed E-state index contributed by atoms with van der Waals surface area (Å²) in [7, 11) is 0. The second kappa shape index (κ2) is 3.78. The maximum Gasteiger partial charge on any atom is 0.154 e. The van der Waals surface area contributed by atoms with Gasteiger partial charge in [-0.3, -0.25) is 4.98 Å². The van der Waals surface area contributed by atoms with E-state index >= 15 is 0 Å². The second-order valence-electron chi connectivity index (χ2n) is 2.83. The molecule has 0 atom stereocenters. The first-order valence-corrected chi connectivity index (χ1v) is 4.17. The fourth-order valence-electron chi connectivity index (χ4n) is 1.02. The monoisotopic (exact) mass is 187 g/mol. The van der Waals surface area contributed by atoms with Crippen LogP contribution in [0.4, 0.5) is 11.6 Å². The maximum atomic E-state index is 4.06. The molecule has 2 aromatic rings. The highest BCUT2D eigenvalue weighted by Gasteiger charge is 1.96. The molecule has 14 heavy (non-hydrogen) atoms. The minimum Gasteiger partial charge on any atom is -0.322 e. The number of anilines is 2. The molecule has 5 nitrogen and oxygen atoms in total. The Morgan fingerprint density at radius 2 is 2.07 bits per heavy atom. The number of rotatable bonds is 2. The molecule has 0 spiro atoms. The summed E-state index contributed by atoms with van der Waals surface area (Å²) < 4.78 is 0. The Labute approximate surface area is 81.3 Å². The summed E-state index contributed by atoms with van der Waals surface area (Å²) in [5, 5.41) is 10.7. The molecule has 70 valence electrons. The average molecular weight is 187 g/mol. The van der Waals surface area contributed by atoms with Crippen molar-refractivity contribution in [3.05, 3.63) is 36.4 Å². The van der Waals surface area contributed by atoms with Crippen molar-refractivity contribution in [2.75, 3.05) is 5.32 Å². The average Bonchev–Trinajstić information content (AvgIpc) is 2.19. The van der Waals surface area contributed by atoms with Crippen LogP contribution in [0.15, 0.2) is 30.9 Å². The summed E-state index contributed by atoms with van der Waals surface area (Å²) in [6.45, 7) is 1.95. The van der Waals surface area contributed by atoms with E-state index in [2.05, 4.69) is 25.5 Å². The molecule has 0 aromatic carbocycles. The standard InChI is InChI=1S/C9H9N5/c1-7-4-8(14-12-5-7)13-9-6-10-2-3-11-9/h2-6H,1H3,(H,11,13,14). The lowest BCUT2D eigenvalue weighted by Crippen LogP contribution is -1.97. The molecule has 2 rings (SSSR count). The van der Waals surface area contributed by atoms with Crippen LogP contribution in [0.5, 0.6) is 0 Å². The van der Waals surface area contributed by atoms with Crippen molar-refractivity contribution in [3.63, 3.8) is 0 Å². The first-order valence-electron chi connectivity index (χ1n) is 4.17. The van der Waals surface area contributed by atoms with Gasteiger partial charge in [0.1, 0.15) is 5.82 Å². The van der Waals surface area contributed by atoms with Gasteiger partial charge in [0.25, 0.3) is 0 Å². The maximum absolute atomic E-state index is 4.06. The summed E-state index contributed by atoms with van der Waals surface area (Å²) in [4.78, 5) is 7.99. The SMILES string of the molecule is Cc1cnnc(Nc2cnccn2)c1. The summed E-state index contributed by atoms with van der Waals surface area (Å²) in [6, 6.07) is 1.89. The van der Waals surface area contributed by atoms with Gasteiger partial charge in [0, 0.05) is 12.4 Å². The van der Waals surface area contributed by atoms with E-state index in [0.717, 1.165) is 5.56 Å². The molecule has 0 radical (unpaired) electrons. The highest BCUT2D eigenvalue weighted by atomic mass is 15.2. The van der Waals surface area contributed by atoms with Crippen LogP contribution in [0, 0.1) is 6.92 Å².